The Morgan fingerprint density at radius 1 is 1.29 bits per heavy atom. The molecule has 5 heteroatoms. The van der Waals surface area contributed by atoms with E-state index in [1.54, 1.807) is 0 Å². The lowest BCUT2D eigenvalue weighted by Gasteiger charge is -2.13. The molecule has 0 aromatic rings. The van der Waals surface area contributed by atoms with Gasteiger partial charge in [0.05, 0.1) is 0 Å². The summed E-state index contributed by atoms with van der Waals surface area (Å²) in [4.78, 5) is 22.3. The van der Waals surface area contributed by atoms with Gasteiger partial charge in [0, 0.05) is 12.5 Å². The summed E-state index contributed by atoms with van der Waals surface area (Å²) in [5.74, 6) is -1.14. The van der Waals surface area contributed by atoms with E-state index in [0.717, 1.165) is 19.4 Å². The van der Waals surface area contributed by atoms with Gasteiger partial charge in [-0.3, -0.25) is 4.79 Å². The van der Waals surface area contributed by atoms with Crippen LogP contribution in [0.3, 0.4) is 0 Å². The molecule has 0 radical (unpaired) electrons. The molecule has 3 N–H and O–H groups in total. The maximum Gasteiger partial charge on any atom is 0.326 e. The van der Waals surface area contributed by atoms with Gasteiger partial charge in [0.1, 0.15) is 6.04 Å². The Hall–Kier alpha value is -1.10. The van der Waals surface area contributed by atoms with Crippen molar-refractivity contribution in [2.45, 2.75) is 58.5 Å². The molecule has 0 saturated carbocycles. The average molecular weight is 244 g/mol. The second kappa shape index (κ2) is 8.98. The van der Waals surface area contributed by atoms with E-state index in [1.807, 2.05) is 20.8 Å². The Morgan fingerprint density at radius 3 is 2.41 bits per heavy atom. The zero-order chi connectivity index (χ0) is 13.3. The summed E-state index contributed by atoms with van der Waals surface area (Å²) >= 11 is 0. The van der Waals surface area contributed by atoms with E-state index in [4.69, 9.17) is 5.11 Å². The smallest absolute Gasteiger partial charge is 0.326 e. The van der Waals surface area contributed by atoms with E-state index in [-0.39, 0.29) is 5.91 Å². The molecule has 0 rings (SSSR count). The first-order valence-corrected chi connectivity index (χ1v) is 6.23. The van der Waals surface area contributed by atoms with Crippen LogP contribution in [0, 0.1) is 0 Å². The molecule has 0 fully saturated rings. The predicted molar refractivity (Wildman–Crippen MR) is 66.8 cm³/mol. The van der Waals surface area contributed by atoms with Crippen molar-refractivity contribution in [3.05, 3.63) is 0 Å². The minimum absolute atomic E-state index is 0.184. The highest BCUT2D eigenvalue weighted by Gasteiger charge is 2.18. The van der Waals surface area contributed by atoms with Crippen LogP contribution in [0.25, 0.3) is 0 Å². The van der Waals surface area contributed by atoms with Crippen LogP contribution in [0.1, 0.15) is 46.5 Å². The highest BCUT2D eigenvalue weighted by molar-refractivity contribution is 5.83. The van der Waals surface area contributed by atoms with Crippen molar-refractivity contribution in [3.8, 4) is 0 Å². The van der Waals surface area contributed by atoms with Gasteiger partial charge in [0.15, 0.2) is 0 Å². The largest absolute Gasteiger partial charge is 0.480 e. The summed E-state index contributed by atoms with van der Waals surface area (Å²) in [6.45, 7) is 6.76. The minimum Gasteiger partial charge on any atom is -0.480 e. The maximum atomic E-state index is 11.5. The second-order valence-corrected chi connectivity index (χ2v) is 4.46. The van der Waals surface area contributed by atoms with Crippen LogP contribution in [0.4, 0.5) is 0 Å². The Morgan fingerprint density at radius 2 is 1.94 bits per heavy atom. The average Bonchev–Trinajstić information content (AvgIpc) is 2.23. The summed E-state index contributed by atoms with van der Waals surface area (Å²) < 4.78 is 0. The zero-order valence-electron chi connectivity index (χ0n) is 11.0. The number of carbonyl (C=O) groups excluding carboxylic acids is 1. The van der Waals surface area contributed by atoms with Crippen LogP contribution in [0.2, 0.25) is 0 Å². The van der Waals surface area contributed by atoms with Gasteiger partial charge < -0.3 is 15.7 Å². The molecule has 0 aliphatic heterocycles. The molecule has 0 bridgehead atoms. The monoisotopic (exact) mass is 244 g/mol. The Kier molecular flexibility index (Phi) is 8.40. The van der Waals surface area contributed by atoms with Crippen molar-refractivity contribution < 1.29 is 14.7 Å². The van der Waals surface area contributed by atoms with Crippen molar-refractivity contribution >= 4 is 11.9 Å². The lowest BCUT2D eigenvalue weighted by atomic mass is 10.1. The van der Waals surface area contributed by atoms with Crippen molar-refractivity contribution in [1.29, 1.82) is 0 Å². The fraction of sp³-hybridized carbons (Fsp3) is 0.833. The first-order chi connectivity index (χ1) is 7.97. The third kappa shape index (κ3) is 8.68. The molecule has 1 amide bonds. The van der Waals surface area contributed by atoms with E-state index >= 15 is 0 Å². The Bertz CT molecular complexity index is 242. The van der Waals surface area contributed by atoms with Crippen molar-refractivity contribution in [1.82, 2.24) is 10.6 Å². The van der Waals surface area contributed by atoms with E-state index in [2.05, 4.69) is 10.6 Å². The summed E-state index contributed by atoms with van der Waals surface area (Å²) in [5.41, 5.74) is 0. The van der Waals surface area contributed by atoms with Crippen molar-refractivity contribution in [2.75, 3.05) is 6.54 Å². The Labute approximate surface area is 103 Å². The number of hydrogen-bond acceptors (Lipinski definition) is 3. The van der Waals surface area contributed by atoms with Crippen LogP contribution in [0.5, 0.6) is 0 Å². The van der Waals surface area contributed by atoms with Gasteiger partial charge in [-0.2, -0.15) is 0 Å². The molecular formula is C12H24N2O3. The highest BCUT2D eigenvalue weighted by atomic mass is 16.4. The van der Waals surface area contributed by atoms with E-state index in [1.165, 1.54) is 0 Å². The molecule has 1 atom stereocenters. The molecule has 0 aromatic carbocycles. The highest BCUT2D eigenvalue weighted by Crippen LogP contribution is 1.98. The lowest BCUT2D eigenvalue weighted by Crippen LogP contribution is -2.40. The summed E-state index contributed by atoms with van der Waals surface area (Å²) in [6.07, 6.45) is 2.31. The molecule has 0 aliphatic rings. The van der Waals surface area contributed by atoms with Crippen LogP contribution >= 0.6 is 0 Å². The number of aliphatic carboxylic acids is 1. The molecule has 0 unspecified atom stereocenters. The van der Waals surface area contributed by atoms with Gasteiger partial charge in [-0.15, -0.1) is 0 Å². The van der Waals surface area contributed by atoms with Gasteiger partial charge in [0.2, 0.25) is 5.91 Å². The van der Waals surface area contributed by atoms with E-state index < -0.39 is 12.0 Å². The fourth-order valence-corrected chi connectivity index (χ4v) is 1.45. The number of carboxylic acid groups (broad SMARTS) is 1. The number of amides is 1. The molecule has 17 heavy (non-hydrogen) atoms. The van der Waals surface area contributed by atoms with E-state index in [9.17, 15) is 9.59 Å². The van der Waals surface area contributed by atoms with E-state index in [0.29, 0.717) is 18.9 Å². The fourth-order valence-electron chi connectivity index (χ4n) is 1.45. The van der Waals surface area contributed by atoms with Crippen molar-refractivity contribution in [2.24, 2.45) is 0 Å². The predicted octanol–water partition coefficient (Wildman–Crippen LogP) is 1.13. The third-order valence-corrected chi connectivity index (χ3v) is 2.34. The standard InChI is InChI=1S/C12H24N2O3/c1-4-6-10(12(16)17)14-11(15)7-5-8-13-9(2)3/h9-10,13H,4-8H2,1-3H3,(H,14,15)(H,16,17)/t10-/m1/s1. The molecule has 0 saturated heterocycles. The minimum atomic E-state index is -0.958. The molecule has 0 spiro atoms. The molecule has 100 valence electrons. The molecule has 0 aromatic heterocycles. The second-order valence-electron chi connectivity index (χ2n) is 4.46. The zero-order valence-corrected chi connectivity index (χ0v) is 11.0. The number of nitrogens with one attached hydrogen (secondary N) is 2. The number of rotatable bonds is 9. The first-order valence-electron chi connectivity index (χ1n) is 6.23. The van der Waals surface area contributed by atoms with Gasteiger partial charge in [0.25, 0.3) is 0 Å². The Balaban J connectivity index is 3.78. The summed E-state index contributed by atoms with van der Waals surface area (Å²) in [6, 6.07) is -0.338. The van der Waals surface area contributed by atoms with Crippen LogP contribution in [-0.4, -0.2) is 35.6 Å². The number of hydrogen-bond donors (Lipinski definition) is 3. The quantitative estimate of drug-likeness (QED) is 0.531. The summed E-state index contributed by atoms with van der Waals surface area (Å²) in [7, 11) is 0. The topological polar surface area (TPSA) is 78.4 Å². The van der Waals surface area contributed by atoms with Crippen molar-refractivity contribution in [3.63, 3.8) is 0 Å². The first kappa shape index (κ1) is 15.9. The van der Waals surface area contributed by atoms with Crippen LogP contribution < -0.4 is 10.6 Å². The van der Waals surface area contributed by atoms with Gasteiger partial charge in [-0.05, 0) is 19.4 Å². The van der Waals surface area contributed by atoms with Gasteiger partial charge >= 0.3 is 5.97 Å². The van der Waals surface area contributed by atoms with Crippen LogP contribution in [0.15, 0.2) is 0 Å². The molecule has 0 aliphatic carbocycles. The normalized spacial score (nSPS) is 12.5. The van der Waals surface area contributed by atoms with Gasteiger partial charge in [-0.25, -0.2) is 4.79 Å². The number of carboxylic acids is 1. The molecular weight excluding hydrogens is 220 g/mol. The SMILES string of the molecule is CCC[C@@H](NC(=O)CCCNC(C)C)C(=O)O. The number of carbonyl (C=O) groups is 2. The van der Waals surface area contributed by atoms with Gasteiger partial charge in [-0.1, -0.05) is 27.2 Å². The molecule has 0 heterocycles. The molecule has 5 nitrogen and oxygen atoms in total. The van der Waals surface area contributed by atoms with Crippen LogP contribution in [-0.2, 0) is 9.59 Å². The summed E-state index contributed by atoms with van der Waals surface area (Å²) in [5, 5.41) is 14.6. The maximum absolute atomic E-state index is 11.5. The third-order valence-electron chi connectivity index (χ3n) is 2.34. The lowest BCUT2D eigenvalue weighted by molar-refractivity contribution is -0.142.